The molecule has 4 aromatic rings. The maximum atomic E-state index is 13.9. The fourth-order valence-corrected chi connectivity index (χ4v) is 5.58. The largest absolute Gasteiger partial charge is 0.364 e. The predicted molar refractivity (Wildman–Crippen MR) is 126 cm³/mol. The molecule has 3 N–H and O–H groups in total. The lowest BCUT2D eigenvalue weighted by Crippen LogP contribution is -2.62. The number of H-pyrrole nitrogens is 1. The number of hydrogen-bond acceptors (Lipinski definition) is 4. The van der Waals surface area contributed by atoms with Crippen LogP contribution in [0.2, 0.25) is 0 Å². The smallest absolute Gasteiger partial charge is 0.329 e. The molecule has 0 bridgehead atoms. The first-order valence-corrected chi connectivity index (χ1v) is 11.6. The normalized spacial score (nSPS) is 20.6. The van der Waals surface area contributed by atoms with Crippen molar-refractivity contribution in [1.82, 2.24) is 19.0 Å². The third kappa shape index (κ3) is 3.41. The van der Waals surface area contributed by atoms with E-state index in [9.17, 15) is 9.59 Å². The molecule has 1 aliphatic heterocycles. The highest BCUT2D eigenvalue weighted by atomic mass is 32.2. The zero-order valence-electron chi connectivity index (χ0n) is 17.5. The monoisotopic (exact) mass is 446 g/mol. The molecule has 5 rings (SSSR count). The molecule has 2 aromatic carbocycles. The van der Waals surface area contributed by atoms with Crippen LogP contribution in [0.25, 0.3) is 16.7 Å². The van der Waals surface area contributed by atoms with Crippen molar-refractivity contribution in [1.29, 1.82) is 0 Å². The minimum absolute atomic E-state index is 0.0450. The summed E-state index contributed by atoms with van der Waals surface area (Å²) in [4.78, 5) is 34.2. The summed E-state index contributed by atoms with van der Waals surface area (Å²) < 4.78 is 1.92. The zero-order valence-corrected chi connectivity index (χ0v) is 18.3. The Hall–Kier alpha value is -3.36. The summed E-state index contributed by atoms with van der Waals surface area (Å²) >= 11 is 1.36. The molecule has 0 spiro atoms. The number of primary amides is 1. The number of aromatic amines is 1. The Bertz CT molecular complexity index is 1250. The Morgan fingerprint density at radius 2 is 1.84 bits per heavy atom. The molecule has 1 saturated heterocycles. The van der Waals surface area contributed by atoms with Gasteiger partial charge in [0.1, 0.15) is 11.4 Å². The molecule has 0 saturated carbocycles. The summed E-state index contributed by atoms with van der Waals surface area (Å²) in [5.74, 6) is -0.299. The number of quaternary nitrogens is 1. The first kappa shape index (κ1) is 20.5. The first-order chi connectivity index (χ1) is 15.6. The van der Waals surface area contributed by atoms with E-state index in [1.165, 1.54) is 11.8 Å². The van der Waals surface area contributed by atoms with Gasteiger partial charge in [0, 0.05) is 31.3 Å². The van der Waals surface area contributed by atoms with Crippen molar-refractivity contribution in [2.45, 2.75) is 24.0 Å². The topological polar surface area (TPSA) is 93.8 Å². The summed E-state index contributed by atoms with van der Waals surface area (Å²) in [7, 11) is 0. The number of nitrogens with two attached hydrogens (primary N) is 1. The van der Waals surface area contributed by atoms with Crippen molar-refractivity contribution in [3.05, 3.63) is 73.1 Å². The molecule has 8 heteroatoms. The number of carbonyl (C=O) groups excluding carboxylic acids is 2. The average Bonchev–Trinajstić information content (AvgIpc) is 3.56. The number of nitrogens with zero attached hydrogens (tertiary/aromatic N) is 3. The van der Waals surface area contributed by atoms with Crippen LogP contribution < -0.4 is 10.2 Å². The maximum absolute atomic E-state index is 13.9. The highest BCUT2D eigenvalue weighted by Gasteiger charge is 2.53. The summed E-state index contributed by atoms with van der Waals surface area (Å²) in [6, 6.07) is 18.8. The molecule has 2 amide bonds. The molecule has 0 aliphatic carbocycles. The van der Waals surface area contributed by atoms with E-state index in [-0.39, 0.29) is 16.1 Å². The van der Waals surface area contributed by atoms with E-state index in [1.54, 1.807) is 0 Å². The van der Waals surface area contributed by atoms with E-state index in [2.05, 4.69) is 9.97 Å². The highest BCUT2D eigenvalue weighted by Crippen LogP contribution is 2.40. The van der Waals surface area contributed by atoms with Gasteiger partial charge in [-0.2, -0.15) is 0 Å². The number of carbonyl (C=O) groups is 2. The third-order valence-corrected chi connectivity index (χ3v) is 7.05. The van der Waals surface area contributed by atoms with E-state index in [4.69, 9.17) is 5.73 Å². The van der Waals surface area contributed by atoms with Crippen LogP contribution in [0.3, 0.4) is 0 Å². The average molecular weight is 447 g/mol. The molecular formula is C24H24N5O2S+. The van der Waals surface area contributed by atoms with Crippen molar-refractivity contribution in [2.24, 2.45) is 5.73 Å². The summed E-state index contributed by atoms with van der Waals surface area (Å²) in [6.07, 6.45) is 5.24. The van der Waals surface area contributed by atoms with Gasteiger partial charge in [0.2, 0.25) is 0 Å². The number of amides is 2. The molecule has 3 heterocycles. The second-order valence-corrected chi connectivity index (χ2v) is 8.94. The van der Waals surface area contributed by atoms with E-state index in [1.807, 2.05) is 77.6 Å². The number of nitrogens with one attached hydrogen (secondary N) is 1. The molecule has 32 heavy (non-hydrogen) atoms. The lowest BCUT2D eigenvalue weighted by Gasteiger charge is -2.36. The fraction of sp³-hybridized carbons (Fsp3) is 0.208. The minimum Gasteiger partial charge on any atom is -0.364 e. The molecule has 162 valence electrons. The van der Waals surface area contributed by atoms with Gasteiger partial charge in [-0.25, -0.2) is 14.3 Å². The summed E-state index contributed by atoms with van der Waals surface area (Å²) in [5, 5.41) is 0.686. The predicted octanol–water partition coefficient (Wildman–Crippen LogP) is 3.63. The molecule has 0 radical (unpaired) electrons. The van der Waals surface area contributed by atoms with Gasteiger partial charge in [0.25, 0.3) is 5.91 Å². The van der Waals surface area contributed by atoms with Crippen molar-refractivity contribution >= 4 is 40.3 Å². The Balaban J connectivity index is 1.53. The van der Waals surface area contributed by atoms with E-state index in [0.717, 1.165) is 28.8 Å². The number of imidazole rings is 1. The Kier molecular flexibility index (Phi) is 5.32. The van der Waals surface area contributed by atoms with Crippen LogP contribution in [0.1, 0.15) is 12.8 Å². The van der Waals surface area contributed by atoms with Gasteiger partial charge >= 0.3 is 5.91 Å². The van der Waals surface area contributed by atoms with E-state index in [0.29, 0.717) is 18.1 Å². The molecular weight excluding hydrogens is 422 g/mol. The van der Waals surface area contributed by atoms with Crippen LogP contribution in [0, 0.1) is 0 Å². The second kappa shape index (κ2) is 8.29. The number of rotatable bonds is 6. The first-order valence-electron chi connectivity index (χ1n) is 10.6. The maximum Gasteiger partial charge on any atom is 0.329 e. The number of likely N-dealkylation sites (tertiary alicyclic amines) is 1. The Morgan fingerprint density at radius 1 is 1.09 bits per heavy atom. The fourth-order valence-electron chi connectivity index (χ4n) is 4.75. The number of thioether (sulfide) groups is 1. The standard InChI is InChI=1S/C24H23N5O2S/c25-23(31)21-12-7-15-29(21,20-11-4-3-10-19(20)28-13-5-6-14-28)22(30)16-32-24-26-17-8-1-2-9-18(17)27-24/h1-6,8-11,13-14,21H,7,12,15-16H2,(H2-,25,26,27,31)/p+1/t21-,29?/m0/s1. The quantitative estimate of drug-likeness (QED) is 0.349. The highest BCUT2D eigenvalue weighted by molar-refractivity contribution is 7.99. The molecule has 1 aliphatic rings. The Labute approximate surface area is 189 Å². The second-order valence-electron chi connectivity index (χ2n) is 7.97. The van der Waals surface area contributed by atoms with Gasteiger partial charge in [-0.1, -0.05) is 36.0 Å². The lowest BCUT2D eigenvalue weighted by molar-refractivity contribution is -0.134. The summed E-state index contributed by atoms with van der Waals surface area (Å²) in [5.41, 5.74) is 9.32. The molecule has 1 unspecified atom stereocenters. The minimum atomic E-state index is -0.588. The third-order valence-electron chi connectivity index (χ3n) is 6.19. The molecule has 2 aromatic heterocycles. The van der Waals surface area contributed by atoms with Crippen LogP contribution in [0.5, 0.6) is 0 Å². The van der Waals surface area contributed by atoms with Crippen LogP contribution >= 0.6 is 11.8 Å². The molecule has 1 fully saturated rings. The lowest BCUT2D eigenvalue weighted by atomic mass is 10.1. The van der Waals surface area contributed by atoms with Crippen LogP contribution in [-0.2, 0) is 9.59 Å². The van der Waals surface area contributed by atoms with Crippen molar-refractivity contribution in [3.8, 4) is 5.69 Å². The number of aromatic nitrogens is 3. The van der Waals surface area contributed by atoms with Crippen LogP contribution in [-0.4, -0.2) is 44.7 Å². The number of fused-ring (bicyclic) bond motifs is 1. The van der Waals surface area contributed by atoms with Crippen molar-refractivity contribution in [2.75, 3.05) is 12.3 Å². The Morgan fingerprint density at radius 3 is 2.62 bits per heavy atom. The molecule has 7 nitrogen and oxygen atoms in total. The SMILES string of the molecule is NC(=O)[C@@H]1CCC[N+]1(C(=O)CSc1nc2ccccc2[nH]1)c1ccccc1-n1cccc1. The summed E-state index contributed by atoms with van der Waals surface area (Å²) in [6.45, 7) is 0.547. The number of hydrogen-bond donors (Lipinski definition) is 2. The molecule has 2 atom stereocenters. The van der Waals surface area contributed by atoms with Gasteiger partial charge in [0.05, 0.1) is 17.6 Å². The van der Waals surface area contributed by atoms with Gasteiger partial charge in [0.15, 0.2) is 16.9 Å². The van der Waals surface area contributed by atoms with E-state index >= 15 is 0 Å². The number of benzene rings is 2. The van der Waals surface area contributed by atoms with Crippen molar-refractivity contribution < 1.29 is 9.59 Å². The van der Waals surface area contributed by atoms with Gasteiger partial charge < -0.3 is 15.3 Å². The van der Waals surface area contributed by atoms with Crippen molar-refractivity contribution in [3.63, 3.8) is 0 Å². The van der Waals surface area contributed by atoms with Gasteiger partial charge in [-0.3, -0.25) is 4.79 Å². The van der Waals surface area contributed by atoms with Gasteiger partial charge in [-0.15, -0.1) is 0 Å². The van der Waals surface area contributed by atoms with Crippen LogP contribution in [0.4, 0.5) is 5.69 Å². The zero-order chi connectivity index (χ0) is 22.1. The van der Waals surface area contributed by atoms with Crippen LogP contribution in [0.15, 0.2) is 78.2 Å². The van der Waals surface area contributed by atoms with E-state index < -0.39 is 11.9 Å². The number of para-hydroxylation sites is 4. The van der Waals surface area contributed by atoms with Gasteiger partial charge in [-0.05, 0) is 30.3 Å².